The molecule has 0 N–H and O–H groups in total. The van der Waals surface area contributed by atoms with E-state index in [0.29, 0.717) is 23.7 Å². The summed E-state index contributed by atoms with van der Waals surface area (Å²) in [5.74, 6) is 1.19. The van der Waals surface area contributed by atoms with Crippen molar-refractivity contribution in [1.29, 1.82) is 0 Å². The van der Waals surface area contributed by atoms with Crippen molar-refractivity contribution in [3.8, 4) is 11.5 Å². The van der Waals surface area contributed by atoms with E-state index >= 15 is 0 Å². The van der Waals surface area contributed by atoms with Gasteiger partial charge in [0.05, 0.1) is 7.11 Å². The van der Waals surface area contributed by atoms with Gasteiger partial charge in [-0.25, -0.2) is 4.79 Å². The maximum absolute atomic E-state index is 11.2. The third-order valence-electron chi connectivity index (χ3n) is 2.77. The number of alkyl halides is 1. The molecule has 102 valence electrons. The van der Waals surface area contributed by atoms with Crippen molar-refractivity contribution in [2.45, 2.75) is 18.2 Å². The Bertz CT molecular complexity index is 620. The molecule has 1 aromatic heterocycles. The second-order valence-electron chi connectivity index (χ2n) is 4.11. The molecule has 0 spiro atoms. The van der Waals surface area contributed by atoms with Crippen molar-refractivity contribution in [2.24, 2.45) is 0 Å². The molecule has 0 aliphatic rings. The summed E-state index contributed by atoms with van der Waals surface area (Å²) in [6.45, 7) is 2.59. The molecule has 2 aromatic rings. The van der Waals surface area contributed by atoms with Crippen LogP contribution in [0.1, 0.15) is 13.3 Å². The molecule has 1 unspecified atom stereocenters. The average Bonchev–Trinajstić information content (AvgIpc) is 2.43. The molecule has 0 aliphatic heterocycles. The predicted octanol–water partition coefficient (Wildman–Crippen LogP) is 3.35. The third-order valence-corrected chi connectivity index (χ3v) is 3.68. The van der Waals surface area contributed by atoms with Gasteiger partial charge in [-0.3, -0.25) is 0 Å². The van der Waals surface area contributed by atoms with Gasteiger partial charge < -0.3 is 13.9 Å². The second kappa shape index (κ2) is 6.10. The first kappa shape index (κ1) is 13.9. The summed E-state index contributed by atoms with van der Waals surface area (Å²) in [6.07, 6.45) is 0.963. The topological polar surface area (TPSA) is 48.7 Å². The Hall–Kier alpha value is -1.49. The van der Waals surface area contributed by atoms with Crippen molar-refractivity contribution in [3.63, 3.8) is 0 Å². The lowest BCUT2D eigenvalue weighted by Gasteiger charge is -2.13. The molecule has 1 atom stereocenters. The number of ether oxygens (including phenoxy) is 2. The number of halogens is 1. The normalized spacial score (nSPS) is 12.4. The van der Waals surface area contributed by atoms with Crippen LogP contribution in [-0.2, 0) is 0 Å². The standard InChI is InChI=1S/C14H15BrO4/c1-3-10(15)8-18-13-7-11-9(6-12(13)17-2)4-5-14(16)19-11/h4-7,10H,3,8H2,1-2H3. The Kier molecular flexibility index (Phi) is 4.47. The van der Waals surface area contributed by atoms with Crippen LogP contribution in [0.4, 0.5) is 0 Å². The van der Waals surface area contributed by atoms with Gasteiger partial charge in [0.2, 0.25) is 0 Å². The fourth-order valence-electron chi connectivity index (χ4n) is 1.65. The highest BCUT2D eigenvalue weighted by molar-refractivity contribution is 9.09. The van der Waals surface area contributed by atoms with Crippen molar-refractivity contribution in [3.05, 3.63) is 34.7 Å². The third kappa shape index (κ3) is 3.29. The molecule has 0 amide bonds. The Morgan fingerprint density at radius 3 is 2.79 bits per heavy atom. The van der Waals surface area contributed by atoms with E-state index in [1.54, 1.807) is 25.3 Å². The number of hydrogen-bond acceptors (Lipinski definition) is 4. The SMILES string of the molecule is CCC(Br)COc1cc2oc(=O)ccc2cc1OC. The van der Waals surface area contributed by atoms with E-state index in [9.17, 15) is 4.79 Å². The van der Waals surface area contributed by atoms with Crippen molar-refractivity contribution >= 4 is 26.9 Å². The molecular formula is C14H15BrO4. The smallest absolute Gasteiger partial charge is 0.336 e. The number of methoxy groups -OCH3 is 1. The number of benzene rings is 1. The van der Waals surface area contributed by atoms with Gasteiger partial charge in [-0.1, -0.05) is 22.9 Å². The minimum Gasteiger partial charge on any atom is -0.493 e. The Labute approximate surface area is 119 Å². The first-order valence-corrected chi connectivity index (χ1v) is 6.94. The highest BCUT2D eigenvalue weighted by atomic mass is 79.9. The average molecular weight is 327 g/mol. The van der Waals surface area contributed by atoms with Gasteiger partial charge in [0.15, 0.2) is 11.5 Å². The summed E-state index contributed by atoms with van der Waals surface area (Å²) in [7, 11) is 1.58. The Balaban J connectivity index is 2.37. The lowest BCUT2D eigenvalue weighted by molar-refractivity contribution is 0.294. The van der Waals surface area contributed by atoms with Crippen LogP contribution in [0.25, 0.3) is 11.0 Å². The van der Waals surface area contributed by atoms with Crippen LogP contribution in [0.5, 0.6) is 11.5 Å². The molecule has 0 aliphatic carbocycles. The molecule has 5 heteroatoms. The minimum absolute atomic E-state index is 0.274. The summed E-state index contributed by atoms with van der Waals surface area (Å²) in [5, 5.41) is 0.801. The van der Waals surface area contributed by atoms with Gasteiger partial charge in [-0.05, 0) is 18.6 Å². The molecule has 1 heterocycles. The molecule has 4 nitrogen and oxygen atoms in total. The largest absolute Gasteiger partial charge is 0.493 e. The van der Waals surface area contributed by atoms with Crippen LogP contribution in [0, 0.1) is 0 Å². The quantitative estimate of drug-likeness (QED) is 0.624. The zero-order chi connectivity index (χ0) is 13.8. The van der Waals surface area contributed by atoms with E-state index in [2.05, 4.69) is 22.9 Å². The van der Waals surface area contributed by atoms with Crippen molar-refractivity contribution in [2.75, 3.05) is 13.7 Å². The molecule has 1 aromatic carbocycles. The zero-order valence-electron chi connectivity index (χ0n) is 10.8. The van der Waals surface area contributed by atoms with Gasteiger partial charge in [0, 0.05) is 22.3 Å². The number of rotatable bonds is 5. The molecule has 0 saturated heterocycles. The maximum Gasteiger partial charge on any atom is 0.336 e. The highest BCUT2D eigenvalue weighted by Crippen LogP contribution is 2.32. The highest BCUT2D eigenvalue weighted by Gasteiger charge is 2.10. The number of fused-ring (bicyclic) bond motifs is 1. The molecule has 2 rings (SSSR count). The first-order chi connectivity index (χ1) is 9.13. The second-order valence-corrected chi connectivity index (χ2v) is 5.41. The van der Waals surface area contributed by atoms with E-state index in [1.165, 1.54) is 6.07 Å². The fourth-order valence-corrected chi connectivity index (χ4v) is 1.78. The van der Waals surface area contributed by atoms with Crippen LogP contribution in [0.15, 0.2) is 33.5 Å². The molecule has 0 fully saturated rings. The molecular weight excluding hydrogens is 312 g/mol. The summed E-state index contributed by atoms with van der Waals surface area (Å²) in [4.78, 5) is 11.5. The van der Waals surface area contributed by atoms with Crippen LogP contribution in [-0.4, -0.2) is 18.5 Å². The van der Waals surface area contributed by atoms with E-state index < -0.39 is 0 Å². The van der Waals surface area contributed by atoms with E-state index in [0.717, 1.165) is 11.8 Å². The maximum atomic E-state index is 11.2. The van der Waals surface area contributed by atoms with E-state index in [4.69, 9.17) is 13.9 Å². The molecule has 0 saturated carbocycles. The number of hydrogen-bond donors (Lipinski definition) is 0. The lowest BCUT2D eigenvalue weighted by Crippen LogP contribution is -2.10. The summed E-state index contributed by atoms with van der Waals surface area (Å²) in [6, 6.07) is 6.56. The van der Waals surface area contributed by atoms with E-state index in [1.807, 2.05) is 0 Å². The predicted molar refractivity (Wildman–Crippen MR) is 77.5 cm³/mol. The van der Waals surface area contributed by atoms with Gasteiger partial charge in [0.1, 0.15) is 12.2 Å². The fraction of sp³-hybridized carbons (Fsp3) is 0.357. The van der Waals surface area contributed by atoms with Crippen molar-refractivity contribution in [1.82, 2.24) is 0 Å². The summed E-state index contributed by atoms with van der Waals surface area (Å²) in [5.41, 5.74) is 0.112. The van der Waals surface area contributed by atoms with Gasteiger partial charge in [-0.15, -0.1) is 0 Å². The van der Waals surface area contributed by atoms with Gasteiger partial charge in [-0.2, -0.15) is 0 Å². The van der Waals surface area contributed by atoms with Crippen molar-refractivity contribution < 1.29 is 13.9 Å². The molecule has 19 heavy (non-hydrogen) atoms. The first-order valence-electron chi connectivity index (χ1n) is 6.02. The zero-order valence-corrected chi connectivity index (χ0v) is 12.4. The minimum atomic E-state index is -0.379. The lowest BCUT2D eigenvalue weighted by atomic mass is 10.2. The van der Waals surface area contributed by atoms with Crippen LogP contribution < -0.4 is 15.1 Å². The molecule has 0 bridgehead atoms. The summed E-state index contributed by atoms with van der Waals surface area (Å²) >= 11 is 3.50. The summed E-state index contributed by atoms with van der Waals surface area (Å²) < 4.78 is 16.1. The monoisotopic (exact) mass is 326 g/mol. The van der Waals surface area contributed by atoms with Gasteiger partial charge >= 0.3 is 5.63 Å². The van der Waals surface area contributed by atoms with Crippen LogP contribution >= 0.6 is 15.9 Å². The van der Waals surface area contributed by atoms with Crippen LogP contribution in [0.3, 0.4) is 0 Å². The van der Waals surface area contributed by atoms with E-state index in [-0.39, 0.29) is 10.5 Å². The van der Waals surface area contributed by atoms with Gasteiger partial charge in [0.25, 0.3) is 0 Å². The Morgan fingerprint density at radius 1 is 1.32 bits per heavy atom. The molecule has 0 radical (unpaired) electrons. The Morgan fingerprint density at radius 2 is 2.11 bits per heavy atom. The van der Waals surface area contributed by atoms with Crippen LogP contribution in [0.2, 0.25) is 0 Å².